The molecule has 3 aromatic rings. The summed E-state index contributed by atoms with van der Waals surface area (Å²) in [6.45, 7) is 1.53. The van der Waals surface area contributed by atoms with Gasteiger partial charge in [-0.1, -0.05) is 0 Å². The van der Waals surface area contributed by atoms with E-state index in [0.717, 1.165) is 40.6 Å². The van der Waals surface area contributed by atoms with Crippen molar-refractivity contribution in [1.29, 1.82) is 0 Å². The number of hydrogen-bond donors (Lipinski definition) is 0. The number of nitrogens with zero attached hydrogens (tertiary/aromatic N) is 4. The van der Waals surface area contributed by atoms with Gasteiger partial charge >= 0.3 is 0 Å². The minimum absolute atomic E-state index is 0.242. The third-order valence-corrected chi connectivity index (χ3v) is 4.96. The zero-order valence-corrected chi connectivity index (χ0v) is 13.9. The molecule has 0 amide bonds. The first-order valence-electron chi connectivity index (χ1n) is 7.58. The monoisotopic (exact) mass is 342 g/mol. The highest BCUT2D eigenvalue weighted by Gasteiger charge is 2.23. The van der Waals surface area contributed by atoms with E-state index in [1.165, 1.54) is 12.1 Å². The molecule has 0 bridgehead atoms. The predicted molar refractivity (Wildman–Crippen MR) is 90.8 cm³/mol. The number of halogens is 1. The lowest BCUT2D eigenvalue weighted by atomic mass is 10.1. The molecule has 0 aliphatic carbocycles. The van der Waals surface area contributed by atoms with Crippen molar-refractivity contribution in [3.63, 3.8) is 0 Å². The lowest BCUT2D eigenvalue weighted by molar-refractivity contribution is 0.387. The second-order valence-corrected chi connectivity index (χ2v) is 6.34. The van der Waals surface area contributed by atoms with E-state index < -0.39 is 0 Å². The highest BCUT2D eigenvalue weighted by molar-refractivity contribution is 7.14. The third-order valence-electron chi connectivity index (χ3n) is 4.06. The number of aromatic nitrogens is 3. The van der Waals surface area contributed by atoms with Gasteiger partial charge in [0, 0.05) is 23.9 Å². The van der Waals surface area contributed by atoms with Gasteiger partial charge in [0.2, 0.25) is 5.88 Å². The Bertz CT molecular complexity index is 851. The second-order valence-electron chi connectivity index (χ2n) is 5.50. The summed E-state index contributed by atoms with van der Waals surface area (Å²) in [5, 5.41) is 2.93. The number of fused-ring (bicyclic) bond motifs is 1. The minimum atomic E-state index is -0.242. The molecule has 1 aliphatic heterocycles. The molecule has 4 rings (SSSR count). The molecule has 122 valence electrons. The first-order valence-corrected chi connectivity index (χ1v) is 8.45. The molecule has 5 nitrogen and oxygen atoms in total. The SMILES string of the molecule is COc1ncnc2c1CN(c1nc(-c3ccc(F)cc3)cs1)CC2. The lowest BCUT2D eigenvalue weighted by Gasteiger charge is -2.28. The van der Waals surface area contributed by atoms with E-state index in [1.807, 2.05) is 5.38 Å². The number of methoxy groups -OCH3 is 1. The number of benzene rings is 1. The molecular formula is C17H15FN4OS. The molecule has 1 aromatic carbocycles. The number of thiazole rings is 1. The molecule has 7 heteroatoms. The summed E-state index contributed by atoms with van der Waals surface area (Å²) in [4.78, 5) is 15.4. The summed E-state index contributed by atoms with van der Waals surface area (Å²) in [6.07, 6.45) is 2.38. The van der Waals surface area contributed by atoms with Gasteiger partial charge in [-0.3, -0.25) is 0 Å². The van der Waals surface area contributed by atoms with Crippen molar-refractivity contribution in [2.75, 3.05) is 18.6 Å². The summed E-state index contributed by atoms with van der Waals surface area (Å²) in [6, 6.07) is 6.40. The van der Waals surface area contributed by atoms with Crippen LogP contribution >= 0.6 is 11.3 Å². The standard InChI is InChI=1S/C17H15FN4OS/c1-23-16-13-8-22(7-6-14(13)19-10-20-16)17-21-15(9-24-17)11-2-4-12(18)5-3-11/h2-5,9-10H,6-8H2,1H3. The molecule has 0 atom stereocenters. The Morgan fingerprint density at radius 1 is 1.21 bits per heavy atom. The van der Waals surface area contributed by atoms with Crippen molar-refractivity contribution >= 4 is 16.5 Å². The largest absolute Gasteiger partial charge is 0.481 e. The quantitative estimate of drug-likeness (QED) is 0.731. The van der Waals surface area contributed by atoms with E-state index >= 15 is 0 Å². The lowest BCUT2D eigenvalue weighted by Crippen LogP contribution is -2.31. The van der Waals surface area contributed by atoms with Crippen LogP contribution in [0, 0.1) is 5.82 Å². The Morgan fingerprint density at radius 2 is 2.04 bits per heavy atom. The molecule has 0 radical (unpaired) electrons. The second kappa shape index (κ2) is 6.16. The fraction of sp³-hybridized carbons (Fsp3) is 0.235. The van der Waals surface area contributed by atoms with Crippen molar-refractivity contribution in [3.05, 3.63) is 53.0 Å². The van der Waals surface area contributed by atoms with Gasteiger partial charge in [-0.05, 0) is 24.3 Å². The van der Waals surface area contributed by atoms with Crippen molar-refractivity contribution in [1.82, 2.24) is 15.0 Å². The molecule has 0 saturated heterocycles. The van der Waals surface area contributed by atoms with Crippen molar-refractivity contribution in [2.24, 2.45) is 0 Å². The van der Waals surface area contributed by atoms with Crippen LogP contribution in [0.1, 0.15) is 11.3 Å². The summed E-state index contributed by atoms with van der Waals surface area (Å²) >= 11 is 1.58. The molecule has 2 aromatic heterocycles. The van der Waals surface area contributed by atoms with Gasteiger partial charge in [-0.25, -0.2) is 19.3 Å². The average molecular weight is 342 g/mol. The highest BCUT2D eigenvalue weighted by Crippen LogP contribution is 2.32. The van der Waals surface area contributed by atoms with Crippen LogP contribution in [0.15, 0.2) is 36.0 Å². The topological polar surface area (TPSA) is 51.1 Å². The van der Waals surface area contributed by atoms with Gasteiger partial charge in [0.15, 0.2) is 5.13 Å². The van der Waals surface area contributed by atoms with Crippen LogP contribution in [-0.4, -0.2) is 28.6 Å². The van der Waals surface area contributed by atoms with Gasteiger partial charge in [0.1, 0.15) is 12.1 Å². The van der Waals surface area contributed by atoms with E-state index in [1.54, 1.807) is 36.9 Å². The number of rotatable bonds is 3. The molecule has 24 heavy (non-hydrogen) atoms. The zero-order chi connectivity index (χ0) is 16.5. The predicted octanol–water partition coefficient (Wildman–Crippen LogP) is 3.31. The van der Waals surface area contributed by atoms with Gasteiger partial charge in [-0.15, -0.1) is 11.3 Å². The smallest absolute Gasteiger partial charge is 0.221 e. The highest BCUT2D eigenvalue weighted by atomic mass is 32.1. The van der Waals surface area contributed by atoms with Gasteiger partial charge in [-0.2, -0.15) is 0 Å². The molecule has 0 fully saturated rings. The molecular weight excluding hydrogens is 327 g/mol. The molecule has 1 aliphatic rings. The summed E-state index contributed by atoms with van der Waals surface area (Å²) in [5.74, 6) is 0.383. The van der Waals surface area contributed by atoms with Crippen LogP contribution in [0.2, 0.25) is 0 Å². The summed E-state index contributed by atoms with van der Waals surface area (Å²) in [5.41, 5.74) is 3.83. The van der Waals surface area contributed by atoms with E-state index in [2.05, 4.69) is 14.9 Å². The van der Waals surface area contributed by atoms with Crippen LogP contribution < -0.4 is 9.64 Å². The minimum Gasteiger partial charge on any atom is -0.481 e. The molecule has 0 saturated carbocycles. The van der Waals surface area contributed by atoms with Crippen molar-refractivity contribution in [3.8, 4) is 17.1 Å². The van der Waals surface area contributed by atoms with E-state index in [0.29, 0.717) is 12.4 Å². The number of anilines is 1. The molecule has 0 N–H and O–H groups in total. The fourth-order valence-electron chi connectivity index (χ4n) is 2.82. The van der Waals surface area contributed by atoms with Crippen molar-refractivity contribution in [2.45, 2.75) is 13.0 Å². The van der Waals surface area contributed by atoms with Crippen LogP contribution in [0.5, 0.6) is 5.88 Å². The Balaban J connectivity index is 1.60. The van der Waals surface area contributed by atoms with Crippen LogP contribution in [0.3, 0.4) is 0 Å². The van der Waals surface area contributed by atoms with Gasteiger partial charge in [0.25, 0.3) is 0 Å². The summed E-state index contributed by atoms with van der Waals surface area (Å²) in [7, 11) is 1.62. The zero-order valence-electron chi connectivity index (χ0n) is 13.1. The van der Waals surface area contributed by atoms with E-state index in [9.17, 15) is 4.39 Å². The van der Waals surface area contributed by atoms with E-state index in [4.69, 9.17) is 9.72 Å². The molecule has 0 unspecified atom stereocenters. The van der Waals surface area contributed by atoms with E-state index in [-0.39, 0.29) is 5.82 Å². The first kappa shape index (κ1) is 15.0. The third kappa shape index (κ3) is 2.71. The van der Waals surface area contributed by atoms with Crippen LogP contribution in [0.4, 0.5) is 9.52 Å². The molecule has 0 spiro atoms. The Morgan fingerprint density at radius 3 is 2.83 bits per heavy atom. The van der Waals surface area contributed by atoms with Gasteiger partial charge in [0.05, 0.1) is 30.6 Å². The van der Waals surface area contributed by atoms with Crippen molar-refractivity contribution < 1.29 is 9.13 Å². The Labute approximate surface area is 142 Å². The first-order chi connectivity index (χ1) is 11.7. The Hall–Kier alpha value is -2.54. The van der Waals surface area contributed by atoms with Crippen LogP contribution in [0.25, 0.3) is 11.3 Å². The maximum Gasteiger partial charge on any atom is 0.221 e. The molecule has 3 heterocycles. The summed E-state index contributed by atoms with van der Waals surface area (Å²) < 4.78 is 18.4. The Kier molecular flexibility index (Phi) is 3.86. The average Bonchev–Trinajstić information content (AvgIpc) is 3.11. The van der Waals surface area contributed by atoms with Gasteiger partial charge < -0.3 is 9.64 Å². The number of ether oxygens (including phenoxy) is 1. The fourth-order valence-corrected chi connectivity index (χ4v) is 3.68. The maximum absolute atomic E-state index is 13.1. The normalized spacial score (nSPS) is 13.7. The maximum atomic E-state index is 13.1. The van der Waals surface area contributed by atoms with Crippen LogP contribution in [-0.2, 0) is 13.0 Å². The number of hydrogen-bond acceptors (Lipinski definition) is 6.